The Morgan fingerprint density at radius 1 is 1.40 bits per heavy atom. The first-order valence-corrected chi connectivity index (χ1v) is 5.18. The Morgan fingerprint density at radius 2 is 2.20 bits per heavy atom. The third kappa shape index (κ3) is 2.19. The lowest BCUT2D eigenvalue weighted by atomic mass is 9.82. The summed E-state index contributed by atoms with van der Waals surface area (Å²) in [7, 11) is 0. The van der Waals surface area contributed by atoms with E-state index < -0.39 is 0 Å². The monoisotopic (exact) mass is 210 g/mol. The highest BCUT2D eigenvalue weighted by molar-refractivity contribution is 5.19. The molecule has 1 aliphatic heterocycles. The third-order valence-electron chi connectivity index (χ3n) is 3.04. The summed E-state index contributed by atoms with van der Waals surface area (Å²) in [5.74, 6) is -0.197. The fourth-order valence-corrected chi connectivity index (χ4v) is 2.02. The minimum Gasteiger partial charge on any atom is -0.396 e. The first-order valence-electron chi connectivity index (χ1n) is 5.18. The molecule has 82 valence electrons. The van der Waals surface area contributed by atoms with Gasteiger partial charge in [0.05, 0.1) is 13.2 Å². The van der Waals surface area contributed by atoms with Crippen molar-refractivity contribution >= 4 is 0 Å². The molecule has 0 amide bonds. The molecule has 0 aromatic heterocycles. The Hall–Kier alpha value is -0.930. The van der Waals surface area contributed by atoms with E-state index in [1.807, 2.05) is 6.07 Å². The molecule has 1 aromatic rings. The van der Waals surface area contributed by atoms with Crippen LogP contribution in [0.2, 0.25) is 0 Å². The van der Waals surface area contributed by atoms with Crippen LogP contribution >= 0.6 is 0 Å². The highest BCUT2D eigenvalue weighted by atomic mass is 19.1. The van der Waals surface area contributed by atoms with Crippen LogP contribution in [0.1, 0.15) is 12.0 Å². The van der Waals surface area contributed by atoms with E-state index in [1.54, 1.807) is 12.1 Å². The SMILES string of the molecule is OCC1(Cc2ccccc2F)CCOC1. The van der Waals surface area contributed by atoms with Crippen LogP contribution in [0, 0.1) is 11.2 Å². The van der Waals surface area contributed by atoms with Gasteiger partial charge in [0.1, 0.15) is 5.82 Å². The molecule has 1 fully saturated rings. The van der Waals surface area contributed by atoms with Crippen molar-refractivity contribution < 1.29 is 14.2 Å². The Labute approximate surface area is 88.7 Å². The van der Waals surface area contributed by atoms with Crippen molar-refractivity contribution in [3.05, 3.63) is 35.6 Å². The molecule has 1 saturated heterocycles. The maximum atomic E-state index is 13.4. The molecule has 1 aromatic carbocycles. The molecule has 3 heteroatoms. The number of rotatable bonds is 3. The van der Waals surface area contributed by atoms with E-state index in [1.165, 1.54) is 6.07 Å². The summed E-state index contributed by atoms with van der Waals surface area (Å²) in [6, 6.07) is 6.72. The lowest BCUT2D eigenvalue weighted by Gasteiger charge is -2.24. The number of hydrogen-bond donors (Lipinski definition) is 1. The standard InChI is InChI=1S/C12H15FO2/c13-11-4-2-1-3-10(11)7-12(8-14)5-6-15-9-12/h1-4,14H,5-9H2. The largest absolute Gasteiger partial charge is 0.396 e. The summed E-state index contributed by atoms with van der Waals surface area (Å²) in [4.78, 5) is 0. The van der Waals surface area contributed by atoms with Crippen molar-refractivity contribution in [3.8, 4) is 0 Å². The van der Waals surface area contributed by atoms with E-state index in [0.29, 0.717) is 25.2 Å². The molecule has 15 heavy (non-hydrogen) atoms. The van der Waals surface area contributed by atoms with Crippen LogP contribution in [-0.4, -0.2) is 24.9 Å². The number of halogens is 1. The van der Waals surface area contributed by atoms with Gasteiger partial charge in [0.25, 0.3) is 0 Å². The smallest absolute Gasteiger partial charge is 0.126 e. The number of hydrogen-bond acceptors (Lipinski definition) is 2. The molecule has 2 nitrogen and oxygen atoms in total. The summed E-state index contributed by atoms with van der Waals surface area (Å²) in [6.07, 6.45) is 1.36. The van der Waals surface area contributed by atoms with Crippen LogP contribution in [0.4, 0.5) is 4.39 Å². The van der Waals surface area contributed by atoms with Crippen LogP contribution in [0.25, 0.3) is 0 Å². The molecule has 0 aliphatic carbocycles. The Bertz CT molecular complexity index is 332. The van der Waals surface area contributed by atoms with Crippen molar-refractivity contribution in [2.45, 2.75) is 12.8 Å². The zero-order chi connectivity index (χ0) is 10.7. The zero-order valence-electron chi connectivity index (χ0n) is 8.58. The maximum absolute atomic E-state index is 13.4. The minimum absolute atomic E-state index is 0.0569. The van der Waals surface area contributed by atoms with Crippen LogP contribution in [0.15, 0.2) is 24.3 Å². The van der Waals surface area contributed by atoms with Crippen molar-refractivity contribution in [1.82, 2.24) is 0 Å². The van der Waals surface area contributed by atoms with Crippen molar-refractivity contribution in [2.24, 2.45) is 5.41 Å². The van der Waals surface area contributed by atoms with Gasteiger partial charge in [0.2, 0.25) is 0 Å². The summed E-state index contributed by atoms with van der Waals surface area (Å²) in [5, 5.41) is 9.37. The molecule has 0 radical (unpaired) electrons. The van der Waals surface area contributed by atoms with Gasteiger partial charge in [0, 0.05) is 12.0 Å². The molecule has 1 atom stereocenters. The molecule has 0 bridgehead atoms. The number of aliphatic hydroxyl groups excluding tert-OH is 1. The topological polar surface area (TPSA) is 29.5 Å². The second-order valence-electron chi connectivity index (χ2n) is 4.23. The maximum Gasteiger partial charge on any atom is 0.126 e. The summed E-state index contributed by atoms with van der Waals surface area (Å²) >= 11 is 0. The zero-order valence-corrected chi connectivity index (χ0v) is 8.58. The molecular weight excluding hydrogens is 195 g/mol. The lowest BCUT2D eigenvalue weighted by molar-refractivity contribution is 0.0929. The summed E-state index contributed by atoms with van der Waals surface area (Å²) < 4.78 is 18.7. The Balaban J connectivity index is 2.16. The summed E-state index contributed by atoms with van der Waals surface area (Å²) in [6.45, 7) is 1.24. The molecule has 2 rings (SSSR count). The predicted molar refractivity (Wildman–Crippen MR) is 55.1 cm³/mol. The number of aliphatic hydroxyl groups is 1. The first kappa shape index (κ1) is 10.6. The molecular formula is C12H15FO2. The number of benzene rings is 1. The summed E-state index contributed by atoms with van der Waals surface area (Å²) in [5.41, 5.74) is 0.388. The fourth-order valence-electron chi connectivity index (χ4n) is 2.02. The van der Waals surface area contributed by atoms with Gasteiger partial charge in [-0.05, 0) is 24.5 Å². The van der Waals surface area contributed by atoms with Gasteiger partial charge in [-0.2, -0.15) is 0 Å². The first-order chi connectivity index (χ1) is 7.26. The molecule has 1 unspecified atom stereocenters. The van der Waals surface area contributed by atoms with Crippen LogP contribution in [-0.2, 0) is 11.2 Å². The second-order valence-corrected chi connectivity index (χ2v) is 4.23. The van der Waals surface area contributed by atoms with E-state index in [4.69, 9.17) is 4.74 Å². The number of ether oxygens (including phenoxy) is 1. The van der Waals surface area contributed by atoms with Crippen LogP contribution < -0.4 is 0 Å². The highest BCUT2D eigenvalue weighted by Gasteiger charge is 2.35. The average molecular weight is 210 g/mol. The van der Waals surface area contributed by atoms with Gasteiger partial charge in [-0.1, -0.05) is 18.2 Å². The van der Waals surface area contributed by atoms with E-state index in [-0.39, 0.29) is 17.8 Å². The molecule has 1 N–H and O–H groups in total. The lowest BCUT2D eigenvalue weighted by Crippen LogP contribution is -2.28. The van der Waals surface area contributed by atoms with Crippen molar-refractivity contribution in [2.75, 3.05) is 19.8 Å². The fraction of sp³-hybridized carbons (Fsp3) is 0.500. The second kappa shape index (κ2) is 4.29. The van der Waals surface area contributed by atoms with Crippen molar-refractivity contribution in [3.63, 3.8) is 0 Å². The van der Waals surface area contributed by atoms with Gasteiger partial charge in [-0.25, -0.2) is 4.39 Å². The molecule has 1 heterocycles. The molecule has 0 saturated carbocycles. The van der Waals surface area contributed by atoms with Crippen LogP contribution in [0.5, 0.6) is 0 Å². The van der Waals surface area contributed by atoms with Gasteiger partial charge < -0.3 is 9.84 Å². The predicted octanol–water partition coefficient (Wildman–Crippen LogP) is 1.77. The average Bonchev–Trinajstić information content (AvgIpc) is 2.71. The minimum atomic E-state index is -0.276. The van der Waals surface area contributed by atoms with Gasteiger partial charge in [-0.15, -0.1) is 0 Å². The molecule has 0 spiro atoms. The van der Waals surface area contributed by atoms with E-state index in [2.05, 4.69) is 0 Å². The normalized spacial score (nSPS) is 25.7. The third-order valence-corrected chi connectivity index (χ3v) is 3.04. The quantitative estimate of drug-likeness (QED) is 0.823. The highest BCUT2D eigenvalue weighted by Crippen LogP contribution is 2.32. The Morgan fingerprint density at radius 3 is 2.80 bits per heavy atom. The van der Waals surface area contributed by atoms with Crippen molar-refractivity contribution in [1.29, 1.82) is 0 Å². The van der Waals surface area contributed by atoms with E-state index >= 15 is 0 Å². The van der Waals surface area contributed by atoms with Crippen LogP contribution in [0.3, 0.4) is 0 Å². The van der Waals surface area contributed by atoms with E-state index in [0.717, 1.165) is 6.42 Å². The van der Waals surface area contributed by atoms with Gasteiger partial charge in [-0.3, -0.25) is 0 Å². The van der Waals surface area contributed by atoms with Gasteiger partial charge >= 0.3 is 0 Å². The molecule has 1 aliphatic rings. The van der Waals surface area contributed by atoms with Gasteiger partial charge in [0.15, 0.2) is 0 Å². The van der Waals surface area contributed by atoms with E-state index in [9.17, 15) is 9.50 Å². The Kier molecular flexibility index (Phi) is 3.03.